The molecule has 0 bridgehead atoms. The zero-order valence-electron chi connectivity index (χ0n) is 14.8. The van der Waals surface area contributed by atoms with Crippen LogP contribution in [0.25, 0.3) is 0 Å². The second-order valence-electron chi connectivity index (χ2n) is 5.54. The molecule has 1 heterocycles. The van der Waals surface area contributed by atoms with E-state index in [-0.39, 0.29) is 46.5 Å². The van der Waals surface area contributed by atoms with Gasteiger partial charge in [-0.05, 0) is 0 Å². The molecule has 1 fully saturated rings. The van der Waals surface area contributed by atoms with Crippen LogP contribution < -0.4 is 4.46 Å². The Bertz CT molecular complexity index is 694. The first-order valence-corrected chi connectivity index (χ1v) is 10.4. The zero-order chi connectivity index (χ0) is 19.2. The van der Waals surface area contributed by atoms with E-state index in [4.69, 9.17) is 15.9 Å². The van der Waals surface area contributed by atoms with Crippen molar-refractivity contribution < 1.29 is 23.9 Å². The normalized spacial score (nSPS) is 16.4. The summed E-state index contributed by atoms with van der Waals surface area (Å²) in [5, 5.41) is 0.644. The van der Waals surface area contributed by atoms with Crippen LogP contribution in [0.1, 0.15) is 20.3 Å². The average molecular weight is 422 g/mol. The van der Waals surface area contributed by atoms with Gasteiger partial charge < -0.3 is 0 Å². The minimum atomic E-state index is -2.15. The summed E-state index contributed by atoms with van der Waals surface area (Å²) in [4.78, 5) is 38.6. The van der Waals surface area contributed by atoms with Crippen LogP contribution in [0.15, 0.2) is 30.3 Å². The maximum absolute atomic E-state index is 12.6. The fraction of sp³-hybridized carbons (Fsp3) is 0.421. The molecule has 0 aromatic heterocycles. The second-order valence-corrected chi connectivity index (χ2v) is 7.84. The van der Waals surface area contributed by atoms with Crippen LogP contribution in [-0.4, -0.2) is 62.5 Å². The number of ether oxygens (including phenoxy) is 2. The van der Waals surface area contributed by atoms with E-state index in [0.717, 1.165) is 4.46 Å². The van der Waals surface area contributed by atoms with E-state index in [2.05, 4.69) is 5.92 Å². The molecule has 0 spiro atoms. The molecule has 0 saturated carbocycles. The number of nitrogens with zero attached hydrogens (tertiary/aromatic N) is 1. The molecule has 138 valence electrons. The van der Waals surface area contributed by atoms with E-state index in [1.165, 1.54) is 4.90 Å². The number of likely N-dealkylation sites (tertiary alicyclic amines) is 1. The third-order valence-corrected chi connectivity index (χ3v) is 6.37. The summed E-state index contributed by atoms with van der Waals surface area (Å²) in [6, 6.07) is 9.55. The Morgan fingerprint density at radius 2 is 1.81 bits per heavy atom. The number of amides is 1. The van der Waals surface area contributed by atoms with Crippen LogP contribution in [-0.2, 0) is 23.9 Å². The summed E-state index contributed by atoms with van der Waals surface area (Å²) in [6.07, 6.45) is 5.82. The average Bonchev–Trinajstić information content (AvgIpc) is 2.64. The zero-order valence-corrected chi connectivity index (χ0v) is 16.5. The minimum absolute atomic E-state index is 0.0440. The van der Waals surface area contributed by atoms with Gasteiger partial charge in [0.05, 0.1) is 0 Å². The molecule has 1 aromatic carbocycles. The number of hydrogen-bond donors (Lipinski definition) is 0. The Labute approximate surface area is 159 Å². The standard InChI is InChI=1S/C19H21NO5Se/c1-4-19(17(22)24-5-2,18(23)25-6-3)20-14(12-16(20)21)13-26-15-10-8-7-9-11-15/h1,7-11,14H,5-6,12-13H2,2-3H3. The molecule has 1 saturated heterocycles. The molecule has 0 radical (unpaired) electrons. The van der Waals surface area contributed by atoms with Gasteiger partial charge in [0.15, 0.2) is 0 Å². The molecule has 7 heteroatoms. The quantitative estimate of drug-likeness (QED) is 0.201. The van der Waals surface area contributed by atoms with E-state index in [9.17, 15) is 14.4 Å². The van der Waals surface area contributed by atoms with Gasteiger partial charge in [-0.25, -0.2) is 0 Å². The van der Waals surface area contributed by atoms with Crippen LogP contribution in [0.3, 0.4) is 0 Å². The SMILES string of the molecule is C#CC(C(=O)OCC)(C(=O)OCC)N1C(=O)CC1C[Se]c1ccccc1. The van der Waals surface area contributed by atoms with Crippen LogP contribution in [0.4, 0.5) is 0 Å². The van der Waals surface area contributed by atoms with Gasteiger partial charge in [-0.2, -0.15) is 0 Å². The Balaban J connectivity index is 2.26. The monoisotopic (exact) mass is 423 g/mol. The molecule has 1 atom stereocenters. The second kappa shape index (κ2) is 8.88. The van der Waals surface area contributed by atoms with E-state index >= 15 is 0 Å². The van der Waals surface area contributed by atoms with Gasteiger partial charge in [0.2, 0.25) is 0 Å². The summed E-state index contributed by atoms with van der Waals surface area (Å²) >= 11 is 0.0779. The molecule has 1 unspecified atom stereocenters. The predicted molar refractivity (Wildman–Crippen MR) is 96.7 cm³/mol. The van der Waals surface area contributed by atoms with E-state index in [0.29, 0.717) is 5.32 Å². The van der Waals surface area contributed by atoms with Crippen LogP contribution in [0.5, 0.6) is 0 Å². The van der Waals surface area contributed by atoms with Gasteiger partial charge >= 0.3 is 159 Å². The number of rotatable bonds is 8. The Kier molecular flexibility index (Phi) is 6.84. The van der Waals surface area contributed by atoms with Crippen molar-refractivity contribution in [2.24, 2.45) is 0 Å². The van der Waals surface area contributed by atoms with Crippen molar-refractivity contribution in [1.82, 2.24) is 4.90 Å². The Morgan fingerprint density at radius 1 is 1.23 bits per heavy atom. The van der Waals surface area contributed by atoms with E-state index < -0.39 is 17.5 Å². The molecule has 0 N–H and O–H groups in total. The fourth-order valence-corrected chi connectivity index (χ4v) is 4.83. The summed E-state index contributed by atoms with van der Waals surface area (Å²) in [7, 11) is 0. The topological polar surface area (TPSA) is 72.9 Å². The van der Waals surface area contributed by atoms with Crippen LogP contribution in [0, 0.1) is 12.3 Å². The molecule has 1 aliphatic heterocycles. The summed E-state index contributed by atoms with van der Waals surface area (Å²) in [5.74, 6) is -0.0183. The first-order chi connectivity index (χ1) is 12.5. The van der Waals surface area contributed by atoms with Gasteiger partial charge in [-0.3, -0.25) is 0 Å². The molecular weight excluding hydrogens is 401 g/mol. The maximum atomic E-state index is 12.6. The number of terminal acetylenes is 1. The van der Waals surface area contributed by atoms with Crippen molar-refractivity contribution in [3.63, 3.8) is 0 Å². The van der Waals surface area contributed by atoms with Crippen molar-refractivity contribution in [3.05, 3.63) is 30.3 Å². The number of carbonyl (C=O) groups excluding carboxylic acids is 3. The predicted octanol–water partition coefficient (Wildman–Crippen LogP) is 0.534. The Hall–Kier alpha value is -2.29. The van der Waals surface area contributed by atoms with Gasteiger partial charge in [0.1, 0.15) is 0 Å². The first-order valence-electron chi connectivity index (χ1n) is 8.33. The van der Waals surface area contributed by atoms with Gasteiger partial charge in [0, 0.05) is 0 Å². The molecule has 1 aromatic rings. The van der Waals surface area contributed by atoms with Crippen molar-refractivity contribution in [2.45, 2.75) is 37.2 Å². The fourth-order valence-electron chi connectivity index (χ4n) is 2.72. The molecular formula is C19H21NO5Se. The van der Waals surface area contributed by atoms with Crippen molar-refractivity contribution >= 4 is 37.3 Å². The van der Waals surface area contributed by atoms with Crippen LogP contribution >= 0.6 is 0 Å². The van der Waals surface area contributed by atoms with Crippen molar-refractivity contribution in [3.8, 4) is 12.3 Å². The molecule has 6 nitrogen and oxygen atoms in total. The molecule has 0 aliphatic carbocycles. The summed E-state index contributed by atoms with van der Waals surface area (Å²) < 4.78 is 11.2. The van der Waals surface area contributed by atoms with Crippen molar-refractivity contribution in [2.75, 3.05) is 13.2 Å². The van der Waals surface area contributed by atoms with E-state index in [1.807, 2.05) is 30.3 Å². The van der Waals surface area contributed by atoms with Gasteiger partial charge in [0.25, 0.3) is 0 Å². The molecule has 1 amide bonds. The number of β-lactam (4-membered cyclic amide) rings is 1. The van der Waals surface area contributed by atoms with E-state index in [1.54, 1.807) is 13.8 Å². The number of carbonyl (C=O) groups is 3. The third-order valence-electron chi connectivity index (χ3n) is 3.94. The van der Waals surface area contributed by atoms with Gasteiger partial charge in [-0.15, -0.1) is 0 Å². The Morgan fingerprint density at radius 3 is 2.27 bits per heavy atom. The number of benzene rings is 1. The molecule has 26 heavy (non-hydrogen) atoms. The number of hydrogen-bond acceptors (Lipinski definition) is 5. The van der Waals surface area contributed by atoms with Crippen molar-refractivity contribution in [1.29, 1.82) is 0 Å². The van der Waals surface area contributed by atoms with Crippen LogP contribution in [0.2, 0.25) is 5.32 Å². The molecule has 2 rings (SSSR count). The summed E-state index contributed by atoms with van der Waals surface area (Å²) in [6.45, 7) is 3.31. The van der Waals surface area contributed by atoms with Gasteiger partial charge in [-0.1, -0.05) is 0 Å². The third kappa shape index (κ3) is 3.77. The summed E-state index contributed by atoms with van der Waals surface area (Å²) in [5.41, 5.74) is -2.15. The molecule has 1 aliphatic rings. The number of esters is 2. The first kappa shape index (κ1) is 20.0.